The van der Waals surface area contributed by atoms with E-state index < -0.39 is 4.83 Å². The summed E-state index contributed by atoms with van der Waals surface area (Å²) in [6.45, 7) is 1.91. The summed E-state index contributed by atoms with van der Waals surface area (Å²) in [6.07, 6.45) is -0.373. The van der Waals surface area contributed by atoms with Gasteiger partial charge in [-0.15, -0.1) is 0 Å². The van der Waals surface area contributed by atoms with E-state index >= 15 is 0 Å². The molecule has 0 atom stereocenters. The Hall–Kier alpha value is -1.47. The first-order valence-corrected chi connectivity index (χ1v) is 7.64. The molecule has 3 N–H and O–H groups in total. The third-order valence-electron chi connectivity index (χ3n) is 3.00. The van der Waals surface area contributed by atoms with Crippen LogP contribution in [-0.2, 0) is 0 Å². The first-order chi connectivity index (χ1) is 10.3. The van der Waals surface area contributed by atoms with Crippen LogP contribution in [0.15, 0.2) is 24.3 Å². The predicted octanol–water partition coefficient (Wildman–Crippen LogP) is 4.48. The number of hydrogen-bond acceptors (Lipinski definition) is 4. The van der Waals surface area contributed by atoms with Crippen LogP contribution in [0, 0.1) is 6.92 Å². The number of nitrogens with one attached hydrogen (secondary N) is 1. The number of aromatic nitrogens is 2. The number of hydrogen-bond donors (Lipinski definition) is 2. The SMILES string of the molecule is Cc1c(Cl)cccc1-c1cc(NCCC(F)(F)Br)nc(N)n1. The fraction of sp³-hybridized carbons (Fsp3) is 0.286. The number of anilines is 2. The van der Waals surface area contributed by atoms with Crippen LogP contribution in [0.2, 0.25) is 5.02 Å². The Morgan fingerprint density at radius 1 is 1.36 bits per heavy atom. The largest absolute Gasteiger partial charge is 0.370 e. The van der Waals surface area contributed by atoms with Crippen LogP contribution < -0.4 is 11.1 Å². The molecule has 0 radical (unpaired) electrons. The van der Waals surface area contributed by atoms with Gasteiger partial charge in [0.1, 0.15) is 5.82 Å². The Bertz CT molecular complexity index is 676. The summed E-state index contributed by atoms with van der Waals surface area (Å²) < 4.78 is 25.5. The van der Waals surface area contributed by atoms with Gasteiger partial charge < -0.3 is 11.1 Å². The Balaban J connectivity index is 2.25. The second-order valence-electron chi connectivity index (χ2n) is 4.70. The lowest BCUT2D eigenvalue weighted by Gasteiger charge is -2.12. The minimum absolute atomic E-state index is 0.0443. The monoisotopic (exact) mass is 390 g/mol. The van der Waals surface area contributed by atoms with Crippen molar-refractivity contribution in [3.63, 3.8) is 0 Å². The van der Waals surface area contributed by atoms with Crippen molar-refractivity contribution in [2.24, 2.45) is 0 Å². The van der Waals surface area contributed by atoms with Gasteiger partial charge in [0.05, 0.1) is 5.69 Å². The van der Waals surface area contributed by atoms with Gasteiger partial charge in [0.2, 0.25) is 5.95 Å². The first-order valence-electron chi connectivity index (χ1n) is 6.47. The van der Waals surface area contributed by atoms with Gasteiger partial charge in [0, 0.05) is 29.6 Å². The van der Waals surface area contributed by atoms with Crippen molar-refractivity contribution in [3.05, 3.63) is 34.9 Å². The fourth-order valence-electron chi connectivity index (χ4n) is 1.91. The number of benzene rings is 1. The Morgan fingerprint density at radius 2 is 2.09 bits per heavy atom. The highest BCUT2D eigenvalue weighted by molar-refractivity contribution is 9.09. The molecule has 4 nitrogen and oxygen atoms in total. The smallest absolute Gasteiger partial charge is 0.303 e. The van der Waals surface area contributed by atoms with E-state index in [0.717, 1.165) is 11.1 Å². The van der Waals surface area contributed by atoms with Crippen molar-refractivity contribution in [1.29, 1.82) is 0 Å². The van der Waals surface area contributed by atoms with Gasteiger partial charge in [-0.2, -0.15) is 13.8 Å². The van der Waals surface area contributed by atoms with E-state index in [1.807, 2.05) is 13.0 Å². The molecule has 118 valence electrons. The molecule has 0 amide bonds. The van der Waals surface area contributed by atoms with Gasteiger partial charge in [-0.1, -0.05) is 23.7 Å². The molecule has 0 saturated carbocycles. The summed E-state index contributed by atoms with van der Waals surface area (Å²) in [4.78, 5) is 5.26. The van der Waals surface area contributed by atoms with E-state index in [0.29, 0.717) is 16.5 Å². The Kier molecular flexibility index (Phi) is 5.18. The van der Waals surface area contributed by atoms with E-state index in [1.165, 1.54) is 0 Å². The quantitative estimate of drug-likeness (QED) is 0.738. The minimum Gasteiger partial charge on any atom is -0.370 e. The van der Waals surface area contributed by atoms with Crippen molar-refractivity contribution in [3.8, 4) is 11.3 Å². The molecule has 2 rings (SSSR count). The summed E-state index contributed by atoms with van der Waals surface area (Å²) in [5.74, 6) is 0.448. The van der Waals surface area contributed by atoms with E-state index in [-0.39, 0.29) is 18.9 Å². The third-order valence-corrected chi connectivity index (χ3v) is 3.81. The minimum atomic E-state index is -2.91. The van der Waals surface area contributed by atoms with Gasteiger partial charge in [0.25, 0.3) is 0 Å². The highest BCUT2D eigenvalue weighted by atomic mass is 79.9. The van der Waals surface area contributed by atoms with E-state index in [1.54, 1.807) is 18.2 Å². The molecule has 1 heterocycles. The van der Waals surface area contributed by atoms with Crippen LogP contribution in [0.3, 0.4) is 0 Å². The molecule has 0 aliphatic heterocycles. The maximum Gasteiger partial charge on any atom is 0.303 e. The van der Waals surface area contributed by atoms with Gasteiger partial charge in [-0.25, -0.2) is 4.98 Å². The molecule has 0 aliphatic rings. The zero-order valence-corrected chi connectivity index (χ0v) is 14.0. The number of rotatable bonds is 5. The number of alkyl halides is 3. The fourth-order valence-corrected chi connectivity index (χ4v) is 2.28. The second kappa shape index (κ2) is 6.75. The molecule has 0 unspecified atom stereocenters. The van der Waals surface area contributed by atoms with Gasteiger partial charge >= 0.3 is 4.83 Å². The number of halogens is 4. The summed E-state index contributed by atoms with van der Waals surface area (Å²) in [5, 5.41) is 3.43. The highest BCUT2D eigenvalue weighted by Gasteiger charge is 2.22. The lowest BCUT2D eigenvalue weighted by Crippen LogP contribution is -2.14. The topological polar surface area (TPSA) is 63.8 Å². The molecule has 0 spiro atoms. The van der Waals surface area contributed by atoms with Crippen molar-refractivity contribution < 1.29 is 8.78 Å². The molecular weight excluding hydrogens is 378 g/mol. The molecule has 0 bridgehead atoms. The van der Waals surface area contributed by atoms with Crippen LogP contribution in [0.5, 0.6) is 0 Å². The molecule has 0 fully saturated rings. The average molecular weight is 392 g/mol. The molecule has 2 aromatic rings. The highest BCUT2D eigenvalue weighted by Crippen LogP contribution is 2.29. The van der Waals surface area contributed by atoms with Crippen molar-refractivity contribution in [2.45, 2.75) is 18.2 Å². The lowest BCUT2D eigenvalue weighted by molar-refractivity contribution is 0.109. The normalized spacial score (nSPS) is 11.5. The molecular formula is C14H14BrClF2N4. The van der Waals surface area contributed by atoms with E-state index in [2.05, 4.69) is 31.2 Å². The summed E-state index contributed by atoms with van der Waals surface area (Å²) in [6, 6.07) is 7.10. The van der Waals surface area contributed by atoms with Crippen molar-refractivity contribution >= 4 is 39.3 Å². The molecule has 22 heavy (non-hydrogen) atoms. The molecule has 0 aliphatic carbocycles. The summed E-state index contributed by atoms with van der Waals surface area (Å²) in [7, 11) is 0. The standard InChI is InChI=1S/C14H14BrClF2N4/c1-8-9(3-2-4-10(8)16)11-7-12(22-13(19)21-11)20-6-5-14(15,17)18/h2-4,7H,5-6H2,1H3,(H3,19,20,21,22). The molecule has 8 heteroatoms. The van der Waals surface area contributed by atoms with Crippen LogP contribution in [0.25, 0.3) is 11.3 Å². The van der Waals surface area contributed by atoms with Gasteiger partial charge in [-0.05, 0) is 34.5 Å². The second-order valence-corrected chi connectivity index (χ2v) is 6.27. The zero-order chi connectivity index (χ0) is 16.3. The summed E-state index contributed by atoms with van der Waals surface area (Å²) >= 11 is 8.39. The van der Waals surface area contributed by atoms with E-state index in [9.17, 15) is 8.78 Å². The Labute approximate surface area is 140 Å². The Morgan fingerprint density at radius 3 is 2.77 bits per heavy atom. The third kappa shape index (κ3) is 4.51. The van der Waals surface area contributed by atoms with Crippen LogP contribution in [0.4, 0.5) is 20.5 Å². The predicted molar refractivity (Wildman–Crippen MR) is 88.6 cm³/mol. The average Bonchev–Trinajstić information content (AvgIpc) is 2.40. The molecule has 1 aromatic carbocycles. The van der Waals surface area contributed by atoms with Crippen LogP contribution in [0.1, 0.15) is 12.0 Å². The molecule has 1 aromatic heterocycles. The zero-order valence-electron chi connectivity index (χ0n) is 11.7. The maximum atomic E-state index is 12.8. The van der Waals surface area contributed by atoms with Crippen molar-refractivity contribution in [2.75, 3.05) is 17.6 Å². The van der Waals surface area contributed by atoms with Crippen LogP contribution >= 0.6 is 27.5 Å². The first kappa shape index (κ1) is 16.9. The number of nitrogen functional groups attached to an aromatic ring is 1. The number of nitrogens with zero attached hydrogens (tertiary/aromatic N) is 2. The molecule has 0 saturated heterocycles. The number of nitrogens with two attached hydrogens (primary N) is 1. The van der Waals surface area contributed by atoms with Gasteiger partial charge in [0.15, 0.2) is 0 Å². The van der Waals surface area contributed by atoms with Crippen molar-refractivity contribution in [1.82, 2.24) is 9.97 Å². The van der Waals surface area contributed by atoms with Crippen LogP contribution in [-0.4, -0.2) is 21.3 Å². The maximum absolute atomic E-state index is 12.8. The van der Waals surface area contributed by atoms with Gasteiger partial charge in [-0.3, -0.25) is 0 Å². The lowest BCUT2D eigenvalue weighted by atomic mass is 10.1. The summed E-state index contributed by atoms with van der Waals surface area (Å²) in [5.41, 5.74) is 7.95. The van der Waals surface area contributed by atoms with E-state index in [4.69, 9.17) is 17.3 Å².